The van der Waals surface area contributed by atoms with Gasteiger partial charge in [-0.2, -0.15) is 5.10 Å². The Morgan fingerprint density at radius 1 is 1.41 bits per heavy atom. The molecule has 0 bridgehead atoms. The molecule has 0 spiro atoms. The first kappa shape index (κ1) is 16.5. The highest BCUT2D eigenvalue weighted by molar-refractivity contribution is 9.11. The largest absolute Gasteiger partial charge is 0.484 e. The van der Waals surface area contributed by atoms with E-state index >= 15 is 0 Å². The molecule has 2 aromatic rings. The number of carbonyl (C=O) groups is 1. The summed E-state index contributed by atoms with van der Waals surface area (Å²) in [5.41, 5.74) is 3.45. The predicted molar refractivity (Wildman–Crippen MR) is 94.0 cm³/mol. The molecule has 7 heteroatoms. The highest BCUT2D eigenvalue weighted by atomic mass is 79.9. The molecule has 0 saturated heterocycles. The molecule has 0 aliphatic heterocycles. The minimum atomic E-state index is -0.304. The summed E-state index contributed by atoms with van der Waals surface area (Å²) in [5.74, 6) is 0.342. The van der Waals surface area contributed by atoms with E-state index in [0.29, 0.717) is 5.75 Å². The number of anilines is 1. The Hall–Kier alpha value is -1.86. The van der Waals surface area contributed by atoms with Crippen molar-refractivity contribution >= 4 is 45.1 Å². The van der Waals surface area contributed by atoms with Gasteiger partial charge in [-0.1, -0.05) is 6.07 Å². The van der Waals surface area contributed by atoms with E-state index in [-0.39, 0.29) is 12.5 Å². The van der Waals surface area contributed by atoms with Crippen LogP contribution in [0.4, 0.5) is 5.69 Å². The van der Waals surface area contributed by atoms with Crippen LogP contribution < -0.4 is 15.1 Å². The molecular formula is C15H16BrN3O2S. The lowest BCUT2D eigenvalue weighted by molar-refractivity contribution is -0.123. The van der Waals surface area contributed by atoms with Crippen LogP contribution in [-0.4, -0.2) is 32.8 Å². The molecule has 0 radical (unpaired) electrons. The standard InChI is InChI=1S/C15H16BrN3O2S/c1-19(2)11-4-3-5-12(8-11)21-10-15(20)18-17-9-13-6-7-14(16)22-13/h3-9H,10H2,1-2H3,(H,18,20)/b17-9+. The zero-order valence-corrected chi connectivity index (χ0v) is 14.6. The predicted octanol–water partition coefficient (Wildman–Crippen LogP) is 3.11. The van der Waals surface area contributed by atoms with Gasteiger partial charge in [0.15, 0.2) is 6.61 Å². The molecule has 1 aromatic heterocycles. The number of rotatable bonds is 6. The molecule has 0 aliphatic rings. The average Bonchev–Trinajstić information content (AvgIpc) is 2.91. The minimum Gasteiger partial charge on any atom is -0.484 e. The minimum absolute atomic E-state index is 0.0810. The van der Waals surface area contributed by atoms with Crippen molar-refractivity contribution in [2.24, 2.45) is 5.10 Å². The van der Waals surface area contributed by atoms with Crippen molar-refractivity contribution in [1.29, 1.82) is 0 Å². The number of nitrogens with zero attached hydrogens (tertiary/aromatic N) is 2. The summed E-state index contributed by atoms with van der Waals surface area (Å²) >= 11 is 4.90. The summed E-state index contributed by atoms with van der Waals surface area (Å²) in [6.07, 6.45) is 1.60. The van der Waals surface area contributed by atoms with Crippen molar-refractivity contribution in [2.45, 2.75) is 0 Å². The first-order valence-corrected chi connectivity index (χ1v) is 8.13. The zero-order valence-electron chi connectivity index (χ0n) is 12.2. The number of ether oxygens (including phenoxy) is 1. The molecule has 2 rings (SSSR count). The molecule has 1 heterocycles. The molecule has 0 unspecified atom stereocenters. The molecule has 22 heavy (non-hydrogen) atoms. The summed E-state index contributed by atoms with van der Waals surface area (Å²) in [7, 11) is 3.90. The first-order chi connectivity index (χ1) is 10.5. The summed E-state index contributed by atoms with van der Waals surface area (Å²) in [5, 5.41) is 3.89. The lowest BCUT2D eigenvalue weighted by atomic mass is 10.3. The van der Waals surface area contributed by atoms with Crippen LogP contribution in [0.15, 0.2) is 45.3 Å². The molecule has 1 N–H and O–H groups in total. The van der Waals surface area contributed by atoms with E-state index in [1.165, 1.54) is 11.3 Å². The van der Waals surface area contributed by atoms with Crippen LogP contribution in [0.5, 0.6) is 5.75 Å². The van der Waals surface area contributed by atoms with Crippen LogP contribution in [0.3, 0.4) is 0 Å². The Morgan fingerprint density at radius 2 is 2.23 bits per heavy atom. The van der Waals surface area contributed by atoms with Gasteiger partial charge in [0.1, 0.15) is 5.75 Å². The molecule has 0 aliphatic carbocycles. The van der Waals surface area contributed by atoms with Crippen LogP contribution in [0.1, 0.15) is 4.88 Å². The van der Waals surface area contributed by atoms with Gasteiger partial charge >= 0.3 is 0 Å². The summed E-state index contributed by atoms with van der Waals surface area (Å²) < 4.78 is 6.47. The van der Waals surface area contributed by atoms with Crippen LogP contribution in [0, 0.1) is 0 Å². The first-order valence-electron chi connectivity index (χ1n) is 6.52. The number of nitrogens with one attached hydrogen (secondary N) is 1. The van der Waals surface area contributed by atoms with Crippen molar-refractivity contribution in [3.8, 4) is 5.75 Å². The second kappa shape index (κ2) is 7.95. The number of hydrogen-bond acceptors (Lipinski definition) is 5. The molecule has 1 amide bonds. The zero-order chi connectivity index (χ0) is 15.9. The number of hydrazone groups is 1. The van der Waals surface area contributed by atoms with Crippen LogP contribution >= 0.6 is 27.3 Å². The van der Waals surface area contributed by atoms with E-state index in [1.54, 1.807) is 6.21 Å². The monoisotopic (exact) mass is 381 g/mol. The van der Waals surface area contributed by atoms with Crippen molar-refractivity contribution in [3.05, 3.63) is 45.1 Å². The Morgan fingerprint density at radius 3 is 2.91 bits per heavy atom. The molecule has 1 aromatic carbocycles. The number of amides is 1. The fourth-order valence-corrected chi connectivity index (χ4v) is 2.89. The fraction of sp³-hybridized carbons (Fsp3) is 0.200. The Labute approximate surface area is 141 Å². The fourth-order valence-electron chi connectivity index (χ4n) is 1.60. The van der Waals surface area contributed by atoms with Crippen molar-refractivity contribution in [1.82, 2.24) is 5.43 Å². The molecule has 5 nitrogen and oxygen atoms in total. The van der Waals surface area contributed by atoms with E-state index in [2.05, 4.69) is 26.5 Å². The van der Waals surface area contributed by atoms with E-state index in [1.807, 2.05) is 55.4 Å². The number of thiophene rings is 1. The Kier molecular flexibility index (Phi) is 5.97. The lowest BCUT2D eigenvalue weighted by Gasteiger charge is -2.13. The number of carbonyl (C=O) groups excluding carboxylic acids is 1. The van der Waals surface area contributed by atoms with Gasteiger partial charge in [0, 0.05) is 30.7 Å². The summed E-state index contributed by atoms with van der Waals surface area (Å²) in [4.78, 5) is 14.6. The summed E-state index contributed by atoms with van der Waals surface area (Å²) in [6.45, 7) is -0.0810. The topological polar surface area (TPSA) is 53.9 Å². The molecular weight excluding hydrogens is 366 g/mol. The number of halogens is 1. The van der Waals surface area contributed by atoms with E-state index in [0.717, 1.165) is 14.4 Å². The quantitative estimate of drug-likeness (QED) is 0.617. The Bertz CT molecular complexity index is 670. The maximum atomic E-state index is 11.7. The maximum Gasteiger partial charge on any atom is 0.277 e. The van der Waals surface area contributed by atoms with Gasteiger partial charge in [-0.15, -0.1) is 11.3 Å². The normalized spacial score (nSPS) is 10.7. The van der Waals surface area contributed by atoms with Gasteiger partial charge < -0.3 is 9.64 Å². The van der Waals surface area contributed by atoms with E-state index in [4.69, 9.17) is 4.74 Å². The van der Waals surface area contributed by atoms with Gasteiger partial charge in [0.2, 0.25) is 0 Å². The van der Waals surface area contributed by atoms with Crippen LogP contribution in [0.2, 0.25) is 0 Å². The third kappa shape index (κ3) is 5.16. The van der Waals surface area contributed by atoms with Gasteiger partial charge in [-0.3, -0.25) is 4.79 Å². The van der Waals surface area contributed by atoms with Crippen molar-refractivity contribution in [2.75, 3.05) is 25.6 Å². The van der Waals surface area contributed by atoms with Crippen LogP contribution in [0.25, 0.3) is 0 Å². The van der Waals surface area contributed by atoms with Crippen molar-refractivity contribution < 1.29 is 9.53 Å². The Balaban J connectivity index is 1.80. The number of hydrogen-bond donors (Lipinski definition) is 1. The second-order valence-electron chi connectivity index (χ2n) is 4.62. The lowest BCUT2D eigenvalue weighted by Crippen LogP contribution is -2.24. The SMILES string of the molecule is CN(C)c1cccc(OCC(=O)N/N=C/c2ccc(Br)s2)c1. The van der Waals surface area contributed by atoms with Gasteiger partial charge in [0.05, 0.1) is 10.0 Å². The molecule has 0 saturated carbocycles. The highest BCUT2D eigenvalue weighted by Gasteiger charge is 2.03. The maximum absolute atomic E-state index is 11.7. The van der Waals surface area contributed by atoms with E-state index < -0.39 is 0 Å². The average molecular weight is 382 g/mol. The second-order valence-corrected chi connectivity index (χ2v) is 7.11. The smallest absolute Gasteiger partial charge is 0.277 e. The van der Waals surface area contributed by atoms with Crippen LogP contribution in [-0.2, 0) is 4.79 Å². The molecule has 0 atom stereocenters. The highest BCUT2D eigenvalue weighted by Crippen LogP contribution is 2.20. The summed E-state index contributed by atoms with van der Waals surface area (Å²) in [6, 6.07) is 11.4. The third-order valence-electron chi connectivity index (χ3n) is 2.68. The third-order valence-corrected chi connectivity index (χ3v) is 4.24. The number of benzene rings is 1. The van der Waals surface area contributed by atoms with Gasteiger partial charge in [-0.25, -0.2) is 5.43 Å². The molecule has 116 valence electrons. The molecule has 0 fully saturated rings. The van der Waals surface area contributed by atoms with Crippen molar-refractivity contribution in [3.63, 3.8) is 0 Å². The van der Waals surface area contributed by atoms with Gasteiger partial charge in [-0.05, 0) is 40.2 Å². The van der Waals surface area contributed by atoms with E-state index in [9.17, 15) is 4.79 Å². The van der Waals surface area contributed by atoms with Gasteiger partial charge in [0.25, 0.3) is 5.91 Å².